The topological polar surface area (TPSA) is 93.5 Å². The number of aromatic nitrogens is 1. The van der Waals surface area contributed by atoms with Crippen molar-refractivity contribution in [1.82, 2.24) is 15.8 Å². The molecule has 1 rings (SSSR count). The summed E-state index contributed by atoms with van der Waals surface area (Å²) in [6.07, 6.45) is 1.53. The molecule has 0 fully saturated rings. The number of nitrogens with one attached hydrogen (secondary N) is 2. The number of carbonyl (C=O) groups excluding carboxylic acids is 2. The summed E-state index contributed by atoms with van der Waals surface area (Å²) in [7, 11) is 1.27. The maximum absolute atomic E-state index is 11.3. The molecular formula is C10H15N3O4. The van der Waals surface area contributed by atoms with Gasteiger partial charge in [0.15, 0.2) is 0 Å². The standard InChI is InChI=1S/C10H15N3O4/c1-7(14)13-9(10(15)16-2)6-11-5-8-3-4-12-17-8/h3-4,9,11H,5-6H2,1-2H3,(H,13,14). The van der Waals surface area contributed by atoms with E-state index in [1.807, 2.05) is 0 Å². The molecule has 1 atom stereocenters. The summed E-state index contributed by atoms with van der Waals surface area (Å²) < 4.78 is 9.44. The second kappa shape index (κ2) is 6.64. The smallest absolute Gasteiger partial charge is 0.329 e. The number of carbonyl (C=O) groups is 2. The zero-order valence-electron chi connectivity index (χ0n) is 9.73. The number of hydrogen-bond donors (Lipinski definition) is 2. The van der Waals surface area contributed by atoms with Crippen LogP contribution in [0.25, 0.3) is 0 Å². The van der Waals surface area contributed by atoms with Crippen LogP contribution in [-0.2, 0) is 20.9 Å². The molecular weight excluding hydrogens is 226 g/mol. The minimum atomic E-state index is -0.708. The van der Waals surface area contributed by atoms with E-state index in [2.05, 4.69) is 20.5 Å². The van der Waals surface area contributed by atoms with Gasteiger partial charge in [-0.3, -0.25) is 4.79 Å². The zero-order chi connectivity index (χ0) is 12.7. The number of rotatable bonds is 6. The molecule has 0 radical (unpaired) electrons. The first-order chi connectivity index (χ1) is 8.13. The Labute approximate surface area is 98.5 Å². The fraction of sp³-hybridized carbons (Fsp3) is 0.500. The first-order valence-electron chi connectivity index (χ1n) is 5.08. The molecule has 1 aromatic heterocycles. The summed E-state index contributed by atoms with van der Waals surface area (Å²) in [4.78, 5) is 22.2. The predicted molar refractivity (Wildman–Crippen MR) is 57.8 cm³/mol. The molecule has 94 valence electrons. The van der Waals surface area contributed by atoms with E-state index in [0.717, 1.165) is 0 Å². The van der Waals surface area contributed by atoms with Gasteiger partial charge in [-0.05, 0) is 0 Å². The maximum atomic E-state index is 11.3. The van der Waals surface area contributed by atoms with Gasteiger partial charge in [-0.15, -0.1) is 0 Å². The third-order valence-electron chi connectivity index (χ3n) is 2.00. The second-order valence-electron chi connectivity index (χ2n) is 3.39. The molecule has 0 aliphatic heterocycles. The number of ether oxygens (including phenoxy) is 1. The van der Waals surface area contributed by atoms with Crippen LogP contribution in [0.3, 0.4) is 0 Å². The van der Waals surface area contributed by atoms with E-state index in [1.54, 1.807) is 6.07 Å². The van der Waals surface area contributed by atoms with Crippen LogP contribution >= 0.6 is 0 Å². The van der Waals surface area contributed by atoms with Crippen LogP contribution < -0.4 is 10.6 Å². The van der Waals surface area contributed by atoms with E-state index < -0.39 is 12.0 Å². The van der Waals surface area contributed by atoms with Crippen molar-refractivity contribution in [2.45, 2.75) is 19.5 Å². The number of esters is 1. The Balaban J connectivity index is 2.38. The van der Waals surface area contributed by atoms with Crippen molar-refractivity contribution in [3.8, 4) is 0 Å². The van der Waals surface area contributed by atoms with Crippen molar-refractivity contribution in [2.24, 2.45) is 0 Å². The Kier molecular flexibility index (Phi) is 5.15. The van der Waals surface area contributed by atoms with Crippen LogP contribution in [0.5, 0.6) is 0 Å². The molecule has 1 amide bonds. The Morgan fingerprint density at radius 3 is 2.88 bits per heavy atom. The van der Waals surface area contributed by atoms with E-state index in [-0.39, 0.29) is 12.5 Å². The Hall–Kier alpha value is -1.89. The Morgan fingerprint density at radius 2 is 2.35 bits per heavy atom. The van der Waals surface area contributed by atoms with Gasteiger partial charge < -0.3 is 19.9 Å². The highest BCUT2D eigenvalue weighted by atomic mass is 16.5. The molecule has 7 heteroatoms. The van der Waals surface area contributed by atoms with Gasteiger partial charge in [0.25, 0.3) is 0 Å². The molecule has 17 heavy (non-hydrogen) atoms. The largest absolute Gasteiger partial charge is 0.467 e. The molecule has 1 unspecified atom stereocenters. The van der Waals surface area contributed by atoms with Crippen LogP contribution in [-0.4, -0.2) is 36.7 Å². The van der Waals surface area contributed by atoms with Crippen molar-refractivity contribution in [1.29, 1.82) is 0 Å². The first kappa shape index (κ1) is 13.2. The van der Waals surface area contributed by atoms with Gasteiger partial charge in [0, 0.05) is 19.5 Å². The van der Waals surface area contributed by atoms with Crippen molar-refractivity contribution < 1.29 is 18.8 Å². The van der Waals surface area contributed by atoms with Crippen LogP contribution in [0.2, 0.25) is 0 Å². The summed E-state index contributed by atoms with van der Waals surface area (Å²) in [5, 5.41) is 8.99. The SMILES string of the molecule is COC(=O)C(CNCc1ccno1)NC(C)=O. The summed E-state index contributed by atoms with van der Waals surface area (Å²) in [6.45, 7) is 2.02. The van der Waals surface area contributed by atoms with Crippen LogP contribution in [0.4, 0.5) is 0 Å². The molecule has 7 nitrogen and oxygen atoms in total. The molecule has 0 saturated heterocycles. The number of amides is 1. The summed E-state index contributed by atoms with van der Waals surface area (Å²) >= 11 is 0. The average molecular weight is 241 g/mol. The Bertz CT molecular complexity index is 364. The molecule has 1 aromatic rings. The number of hydrogen-bond acceptors (Lipinski definition) is 6. The third kappa shape index (κ3) is 4.64. The molecule has 0 saturated carbocycles. The van der Waals surface area contributed by atoms with E-state index >= 15 is 0 Å². The van der Waals surface area contributed by atoms with E-state index in [4.69, 9.17) is 4.52 Å². The molecule has 0 aromatic carbocycles. The quantitative estimate of drug-likeness (QED) is 0.648. The lowest BCUT2D eigenvalue weighted by Gasteiger charge is -2.15. The van der Waals surface area contributed by atoms with Crippen molar-refractivity contribution in [3.63, 3.8) is 0 Å². The highest BCUT2D eigenvalue weighted by molar-refractivity contribution is 5.83. The number of methoxy groups -OCH3 is 1. The Morgan fingerprint density at radius 1 is 1.59 bits per heavy atom. The van der Waals surface area contributed by atoms with Crippen LogP contribution in [0.1, 0.15) is 12.7 Å². The number of nitrogens with zero attached hydrogens (tertiary/aromatic N) is 1. The maximum Gasteiger partial charge on any atom is 0.329 e. The van der Waals surface area contributed by atoms with Crippen molar-refractivity contribution in [3.05, 3.63) is 18.0 Å². The van der Waals surface area contributed by atoms with Gasteiger partial charge in [0.1, 0.15) is 11.8 Å². The van der Waals surface area contributed by atoms with Gasteiger partial charge in [-0.1, -0.05) is 5.16 Å². The molecule has 1 heterocycles. The minimum absolute atomic E-state index is 0.257. The molecule has 2 N–H and O–H groups in total. The van der Waals surface area contributed by atoms with Crippen LogP contribution in [0, 0.1) is 0 Å². The minimum Gasteiger partial charge on any atom is -0.467 e. The lowest BCUT2D eigenvalue weighted by Crippen LogP contribution is -2.46. The predicted octanol–water partition coefficient (Wildman–Crippen LogP) is -0.558. The highest BCUT2D eigenvalue weighted by Gasteiger charge is 2.19. The fourth-order valence-corrected chi connectivity index (χ4v) is 1.25. The monoisotopic (exact) mass is 241 g/mol. The normalized spacial score (nSPS) is 11.9. The molecule has 0 aliphatic rings. The van der Waals surface area contributed by atoms with Crippen LogP contribution in [0.15, 0.2) is 16.8 Å². The zero-order valence-corrected chi connectivity index (χ0v) is 9.73. The van der Waals surface area contributed by atoms with E-state index in [0.29, 0.717) is 12.3 Å². The van der Waals surface area contributed by atoms with Gasteiger partial charge in [0.2, 0.25) is 5.91 Å². The third-order valence-corrected chi connectivity index (χ3v) is 2.00. The lowest BCUT2D eigenvalue weighted by molar-refractivity contribution is -0.144. The van der Waals surface area contributed by atoms with Crippen molar-refractivity contribution >= 4 is 11.9 Å². The molecule has 0 bridgehead atoms. The van der Waals surface area contributed by atoms with E-state index in [9.17, 15) is 9.59 Å². The highest BCUT2D eigenvalue weighted by Crippen LogP contribution is 1.95. The average Bonchev–Trinajstić information content (AvgIpc) is 2.79. The first-order valence-corrected chi connectivity index (χ1v) is 5.08. The summed E-state index contributed by atoms with van der Waals surface area (Å²) in [6, 6.07) is 0.999. The lowest BCUT2D eigenvalue weighted by atomic mass is 10.3. The van der Waals surface area contributed by atoms with Crippen molar-refractivity contribution in [2.75, 3.05) is 13.7 Å². The van der Waals surface area contributed by atoms with E-state index in [1.165, 1.54) is 20.2 Å². The van der Waals surface area contributed by atoms with Gasteiger partial charge >= 0.3 is 5.97 Å². The molecule has 0 spiro atoms. The van der Waals surface area contributed by atoms with Gasteiger partial charge in [0.05, 0.1) is 19.9 Å². The van der Waals surface area contributed by atoms with Gasteiger partial charge in [-0.25, -0.2) is 4.79 Å². The molecule has 0 aliphatic carbocycles. The summed E-state index contributed by atoms with van der Waals surface area (Å²) in [5.74, 6) is -0.136. The second-order valence-corrected chi connectivity index (χ2v) is 3.39. The summed E-state index contributed by atoms with van der Waals surface area (Å²) in [5.41, 5.74) is 0. The van der Waals surface area contributed by atoms with Gasteiger partial charge in [-0.2, -0.15) is 0 Å². The fourth-order valence-electron chi connectivity index (χ4n) is 1.25.